The van der Waals surface area contributed by atoms with E-state index >= 15 is 0 Å². The molecule has 3 heteroatoms. The largest absolute Gasteiger partial charge is 0.492 e. The van der Waals surface area contributed by atoms with Gasteiger partial charge in [-0.3, -0.25) is 0 Å². The fraction of sp³-hybridized carbons (Fsp3) is 0.200. The van der Waals surface area contributed by atoms with Crippen molar-refractivity contribution in [1.29, 1.82) is 0 Å². The summed E-state index contributed by atoms with van der Waals surface area (Å²) in [5, 5.41) is 0.653. The first-order chi connectivity index (χ1) is 8.83. The molecule has 0 aliphatic carbocycles. The van der Waals surface area contributed by atoms with Gasteiger partial charge in [-0.25, -0.2) is 0 Å². The van der Waals surface area contributed by atoms with Crippen LogP contribution in [-0.2, 0) is 0 Å². The Bertz CT molecular complexity index is 499. The Morgan fingerprint density at radius 2 is 1.78 bits per heavy atom. The number of hydrogen-bond donors (Lipinski definition) is 1. The maximum absolute atomic E-state index is 6.37. The Morgan fingerprint density at radius 1 is 1.00 bits per heavy atom. The molecule has 0 saturated carbocycles. The second-order valence-electron chi connectivity index (χ2n) is 3.97. The molecular formula is C15H16ClNO. The van der Waals surface area contributed by atoms with E-state index in [-0.39, 0.29) is 0 Å². The zero-order chi connectivity index (χ0) is 12.8. The average Bonchev–Trinajstić information content (AvgIpc) is 2.42. The fourth-order valence-electron chi connectivity index (χ4n) is 1.73. The molecule has 2 rings (SSSR count). The van der Waals surface area contributed by atoms with Gasteiger partial charge in [0.2, 0.25) is 0 Å². The van der Waals surface area contributed by atoms with Gasteiger partial charge in [0.15, 0.2) is 0 Å². The zero-order valence-electron chi connectivity index (χ0n) is 10.1. The molecule has 18 heavy (non-hydrogen) atoms. The molecule has 0 spiro atoms. The monoisotopic (exact) mass is 261 g/mol. The quantitative estimate of drug-likeness (QED) is 0.833. The summed E-state index contributed by atoms with van der Waals surface area (Å²) < 4.78 is 5.63. The van der Waals surface area contributed by atoms with Crippen molar-refractivity contribution in [3.63, 3.8) is 0 Å². The smallest absolute Gasteiger partial charge is 0.138 e. The summed E-state index contributed by atoms with van der Waals surface area (Å²) in [7, 11) is 0. The molecule has 2 N–H and O–H groups in total. The molecule has 0 heterocycles. The molecule has 0 aliphatic rings. The van der Waals surface area contributed by atoms with Crippen molar-refractivity contribution >= 4 is 11.6 Å². The van der Waals surface area contributed by atoms with Crippen molar-refractivity contribution in [2.24, 2.45) is 5.73 Å². The third kappa shape index (κ3) is 3.03. The van der Waals surface area contributed by atoms with Crippen LogP contribution < -0.4 is 10.5 Å². The van der Waals surface area contributed by atoms with E-state index in [9.17, 15) is 0 Å². The van der Waals surface area contributed by atoms with Crippen LogP contribution in [0.3, 0.4) is 0 Å². The third-order valence-electron chi connectivity index (χ3n) is 2.65. The zero-order valence-corrected chi connectivity index (χ0v) is 10.9. The first-order valence-electron chi connectivity index (χ1n) is 5.99. The minimum atomic E-state index is 0.592. The van der Waals surface area contributed by atoms with Gasteiger partial charge in [-0.15, -0.1) is 0 Å². The van der Waals surface area contributed by atoms with Crippen molar-refractivity contribution < 1.29 is 4.74 Å². The number of rotatable bonds is 5. The number of halogens is 1. The van der Waals surface area contributed by atoms with E-state index in [0.29, 0.717) is 23.9 Å². The molecule has 0 atom stereocenters. The van der Waals surface area contributed by atoms with E-state index in [1.807, 2.05) is 48.5 Å². The number of nitrogens with two attached hydrogens (primary N) is 1. The SMILES string of the molecule is NCCCOc1cccc(-c2ccccc2)c1Cl. The first-order valence-corrected chi connectivity index (χ1v) is 6.37. The van der Waals surface area contributed by atoms with E-state index in [1.54, 1.807) is 0 Å². The second-order valence-corrected chi connectivity index (χ2v) is 4.35. The Kier molecular flexibility index (Phi) is 4.62. The highest BCUT2D eigenvalue weighted by Crippen LogP contribution is 2.35. The van der Waals surface area contributed by atoms with Crippen molar-refractivity contribution in [1.82, 2.24) is 0 Å². The maximum Gasteiger partial charge on any atom is 0.138 e. The highest BCUT2D eigenvalue weighted by molar-refractivity contribution is 6.34. The van der Waals surface area contributed by atoms with Crippen molar-refractivity contribution in [3.8, 4) is 16.9 Å². The Labute approximate surface area is 112 Å². The van der Waals surface area contributed by atoms with Crippen LogP contribution in [0.1, 0.15) is 6.42 Å². The van der Waals surface area contributed by atoms with Crippen LogP contribution in [-0.4, -0.2) is 13.2 Å². The normalized spacial score (nSPS) is 10.3. The maximum atomic E-state index is 6.37. The minimum Gasteiger partial charge on any atom is -0.492 e. The lowest BCUT2D eigenvalue weighted by Gasteiger charge is -2.11. The lowest BCUT2D eigenvalue weighted by molar-refractivity contribution is 0.314. The summed E-state index contributed by atoms with van der Waals surface area (Å²) in [4.78, 5) is 0. The lowest BCUT2D eigenvalue weighted by atomic mass is 10.1. The van der Waals surface area contributed by atoms with E-state index in [2.05, 4.69) is 0 Å². The van der Waals surface area contributed by atoms with Gasteiger partial charge in [0.25, 0.3) is 0 Å². The summed E-state index contributed by atoms with van der Waals surface area (Å²) in [5.74, 6) is 0.714. The summed E-state index contributed by atoms with van der Waals surface area (Å²) in [6.45, 7) is 1.21. The molecule has 2 nitrogen and oxygen atoms in total. The molecule has 94 valence electrons. The Morgan fingerprint density at radius 3 is 2.50 bits per heavy atom. The van der Waals surface area contributed by atoms with Gasteiger partial charge in [-0.2, -0.15) is 0 Å². The van der Waals surface area contributed by atoms with Gasteiger partial charge >= 0.3 is 0 Å². The molecule has 0 aromatic heterocycles. The topological polar surface area (TPSA) is 35.2 Å². The van der Waals surface area contributed by atoms with Crippen LogP contribution in [0, 0.1) is 0 Å². The Balaban J connectivity index is 2.25. The predicted octanol–water partition coefficient (Wildman–Crippen LogP) is 3.73. The number of ether oxygens (including phenoxy) is 1. The molecule has 0 radical (unpaired) electrons. The molecule has 0 aliphatic heterocycles. The van der Waals surface area contributed by atoms with Gasteiger partial charge in [0.1, 0.15) is 5.75 Å². The summed E-state index contributed by atoms with van der Waals surface area (Å²) in [6.07, 6.45) is 0.825. The van der Waals surface area contributed by atoms with Crippen molar-refractivity contribution in [2.75, 3.05) is 13.2 Å². The second kappa shape index (κ2) is 6.43. The minimum absolute atomic E-state index is 0.592. The first kappa shape index (κ1) is 12.9. The van der Waals surface area contributed by atoms with Crippen LogP contribution in [0.2, 0.25) is 5.02 Å². The average molecular weight is 262 g/mol. The van der Waals surface area contributed by atoms with Gasteiger partial charge in [-0.1, -0.05) is 54.1 Å². The molecule has 0 amide bonds. The molecule has 2 aromatic rings. The van der Waals surface area contributed by atoms with Crippen LogP contribution >= 0.6 is 11.6 Å². The van der Waals surface area contributed by atoms with Crippen LogP contribution in [0.5, 0.6) is 5.75 Å². The van der Waals surface area contributed by atoms with Crippen LogP contribution in [0.25, 0.3) is 11.1 Å². The van der Waals surface area contributed by atoms with Gasteiger partial charge in [0.05, 0.1) is 11.6 Å². The standard InChI is InChI=1S/C15H16ClNO/c16-15-13(12-6-2-1-3-7-12)8-4-9-14(15)18-11-5-10-17/h1-4,6-9H,5,10-11,17H2. The van der Waals surface area contributed by atoms with E-state index in [4.69, 9.17) is 22.1 Å². The van der Waals surface area contributed by atoms with Crippen LogP contribution in [0.15, 0.2) is 48.5 Å². The molecular weight excluding hydrogens is 246 g/mol. The Hall–Kier alpha value is -1.51. The summed E-state index contributed by atoms with van der Waals surface area (Å²) in [5.41, 5.74) is 7.52. The van der Waals surface area contributed by atoms with Crippen LogP contribution in [0.4, 0.5) is 0 Å². The fourth-order valence-corrected chi connectivity index (χ4v) is 2.02. The lowest BCUT2D eigenvalue weighted by Crippen LogP contribution is -2.06. The van der Waals surface area contributed by atoms with Crippen molar-refractivity contribution in [2.45, 2.75) is 6.42 Å². The molecule has 0 unspecified atom stereocenters. The number of benzene rings is 2. The number of hydrogen-bond acceptors (Lipinski definition) is 2. The molecule has 2 aromatic carbocycles. The van der Waals surface area contributed by atoms with Gasteiger partial charge < -0.3 is 10.5 Å². The predicted molar refractivity (Wildman–Crippen MR) is 76.1 cm³/mol. The van der Waals surface area contributed by atoms with E-state index < -0.39 is 0 Å². The molecule has 0 saturated heterocycles. The summed E-state index contributed by atoms with van der Waals surface area (Å²) >= 11 is 6.37. The third-order valence-corrected chi connectivity index (χ3v) is 3.04. The van der Waals surface area contributed by atoms with E-state index in [0.717, 1.165) is 17.5 Å². The highest BCUT2D eigenvalue weighted by atomic mass is 35.5. The van der Waals surface area contributed by atoms with Crippen molar-refractivity contribution in [3.05, 3.63) is 53.6 Å². The highest BCUT2D eigenvalue weighted by Gasteiger charge is 2.08. The molecule has 0 bridgehead atoms. The van der Waals surface area contributed by atoms with E-state index in [1.165, 1.54) is 0 Å². The van der Waals surface area contributed by atoms with Gasteiger partial charge in [-0.05, 0) is 24.6 Å². The van der Waals surface area contributed by atoms with Gasteiger partial charge in [0, 0.05) is 5.56 Å². The molecule has 0 fully saturated rings. The summed E-state index contributed by atoms with van der Waals surface area (Å²) in [6, 6.07) is 15.9.